The minimum Gasteiger partial charge on any atom is -0.308 e. The first kappa shape index (κ1) is 9.79. The SMILES string of the molecule is C=CC(C)NC1CCCCC1C. The summed E-state index contributed by atoms with van der Waals surface area (Å²) in [6, 6.07) is 1.20. The molecule has 0 radical (unpaired) electrons. The number of nitrogens with one attached hydrogen (secondary N) is 1. The monoisotopic (exact) mass is 167 g/mol. The highest BCUT2D eigenvalue weighted by atomic mass is 14.9. The first-order valence-electron chi connectivity index (χ1n) is 5.12. The predicted molar refractivity (Wildman–Crippen MR) is 54.2 cm³/mol. The largest absolute Gasteiger partial charge is 0.308 e. The van der Waals surface area contributed by atoms with Gasteiger partial charge in [0.25, 0.3) is 0 Å². The smallest absolute Gasteiger partial charge is 0.0221 e. The molecule has 0 bridgehead atoms. The second-order valence-corrected chi connectivity index (χ2v) is 4.06. The van der Waals surface area contributed by atoms with E-state index in [4.69, 9.17) is 0 Å². The summed E-state index contributed by atoms with van der Waals surface area (Å²) in [5, 5.41) is 3.60. The maximum atomic E-state index is 3.79. The molecule has 1 rings (SSSR count). The normalized spacial score (nSPS) is 32.8. The summed E-state index contributed by atoms with van der Waals surface area (Å²) < 4.78 is 0. The van der Waals surface area contributed by atoms with E-state index in [1.165, 1.54) is 25.7 Å². The van der Waals surface area contributed by atoms with E-state index in [1.54, 1.807) is 0 Å². The molecule has 0 heterocycles. The van der Waals surface area contributed by atoms with Gasteiger partial charge in [-0.3, -0.25) is 0 Å². The fourth-order valence-electron chi connectivity index (χ4n) is 1.97. The summed E-state index contributed by atoms with van der Waals surface area (Å²) in [5.41, 5.74) is 0. The maximum Gasteiger partial charge on any atom is 0.0221 e. The highest BCUT2D eigenvalue weighted by molar-refractivity contribution is 4.87. The van der Waals surface area contributed by atoms with Gasteiger partial charge in [0, 0.05) is 12.1 Å². The molecule has 0 amide bonds. The topological polar surface area (TPSA) is 12.0 Å². The molecule has 1 aliphatic rings. The number of hydrogen-bond acceptors (Lipinski definition) is 1. The van der Waals surface area contributed by atoms with Gasteiger partial charge < -0.3 is 5.32 Å². The Morgan fingerprint density at radius 3 is 2.67 bits per heavy atom. The zero-order chi connectivity index (χ0) is 8.97. The highest BCUT2D eigenvalue weighted by Crippen LogP contribution is 2.23. The number of hydrogen-bond donors (Lipinski definition) is 1. The maximum absolute atomic E-state index is 3.79. The van der Waals surface area contributed by atoms with Crippen LogP contribution < -0.4 is 5.32 Å². The molecule has 0 aromatic heterocycles. The summed E-state index contributed by atoms with van der Waals surface area (Å²) in [4.78, 5) is 0. The van der Waals surface area contributed by atoms with Gasteiger partial charge in [0.15, 0.2) is 0 Å². The Morgan fingerprint density at radius 1 is 1.42 bits per heavy atom. The third kappa shape index (κ3) is 2.63. The molecule has 70 valence electrons. The highest BCUT2D eigenvalue weighted by Gasteiger charge is 2.21. The third-order valence-corrected chi connectivity index (χ3v) is 2.94. The molecule has 0 aliphatic heterocycles. The van der Waals surface area contributed by atoms with E-state index in [2.05, 4.69) is 25.7 Å². The standard InChI is InChI=1S/C11H21N/c1-4-10(3)12-11-8-6-5-7-9(11)2/h4,9-12H,1,5-8H2,2-3H3. The molecule has 3 unspecified atom stereocenters. The van der Waals surface area contributed by atoms with Crippen molar-refractivity contribution in [3.8, 4) is 0 Å². The van der Waals surface area contributed by atoms with Crippen LogP contribution in [0.25, 0.3) is 0 Å². The molecule has 1 N–H and O–H groups in total. The van der Waals surface area contributed by atoms with E-state index in [9.17, 15) is 0 Å². The van der Waals surface area contributed by atoms with Crippen LogP contribution in [-0.2, 0) is 0 Å². The van der Waals surface area contributed by atoms with Crippen LogP contribution in [0.3, 0.4) is 0 Å². The van der Waals surface area contributed by atoms with E-state index in [1.807, 2.05) is 6.08 Å². The Kier molecular flexibility index (Phi) is 3.80. The molecule has 12 heavy (non-hydrogen) atoms. The lowest BCUT2D eigenvalue weighted by atomic mass is 9.85. The molecule has 3 atom stereocenters. The van der Waals surface area contributed by atoms with Crippen molar-refractivity contribution in [2.75, 3.05) is 0 Å². The van der Waals surface area contributed by atoms with E-state index in [0.29, 0.717) is 6.04 Å². The van der Waals surface area contributed by atoms with Crippen LogP contribution >= 0.6 is 0 Å². The number of rotatable bonds is 3. The molecule has 1 fully saturated rings. The van der Waals surface area contributed by atoms with Crippen LogP contribution in [0, 0.1) is 5.92 Å². The molecule has 0 saturated heterocycles. The van der Waals surface area contributed by atoms with E-state index in [0.717, 1.165) is 12.0 Å². The lowest BCUT2D eigenvalue weighted by Gasteiger charge is -2.31. The van der Waals surface area contributed by atoms with Crippen LogP contribution in [0.5, 0.6) is 0 Å². The van der Waals surface area contributed by atoms with Crippen molar-refractivity contribution >= 4 is 0 Å². The van der Waals surface area contributed by atoms with Gasteiger partial charge >= 0.3 is 0 Å². The van der Waals surface area contributed by atoms with Crippen molar-refractivity contribution < 1.29 is 0 Å². The van der Waals surface area contributed by atoms with Crippen LogP contribution in [0.1, 0.15) is 39.5 Å². The molecule has 1 nitrogen and oxygen atoms in total. The van der Waals surface area contributed by atoms with Crippen LogP contribution in [0.15, 0.2) is 12.7 Å². The van der Waals surface area contributed by atoms with E-state index >= 15 is 0 Å². The van der Waals surface area contributed by atoms with Gasteiger partial charge in [-0.1, -0.05) is 25.8 Å². The lowest BCUT2D eigenvalue weighted by Crippen LogP contribution is -2.41. The van der Waals surface area contributed by atoms with Gasteiger partial charge in [0.2, 0.25) is 0 Å². The zero-order valence-electron chi connectivity index (χ0n) is 8.34. The predicted octanol–water partition coefficient (Wildman–Crippen LogP) is 2.73. The Labute approximate surface area is 76.2 Å². The molecular weight excluding hydrogens is 146 g/mol. The van der Waals surface area contributed by atoms with Crippen LogP contribution in [0.4, 0.5) is 0 Å². The van der Waals surface area contributed by atoms with Crippen molar-refractivity contribution in [3.63, 3.8) is 0 Å². The minimum absolute atomic E-state index is 0.468. The van der Waals surface area contributed by atoms with Crippen LogP contribution in [0.2, 0.25) is 0 Å². The Balaban J connectivity index is 2.33. The average molecular weight is 167 g/mol. The molecule has 1 aliphatic carbocycles. The van der Waals surface area contributed by atoms with Crippen molar-refractivity contribution in [2.24, 2.45) is 5.92 Å². The first-order chi connectivity index (χ1) is 5.74. The van der Waals surface area contributed by atoms with Gasteiger partial charge in [-0.05, 0) is 25.7 Å². The second kappa shape index (κ2) is 4.66. The molecule has 0 spiro atoms. The Hall–Kier alpha value is -0.300. The third-order valence-electron chi connectivity index (χ3n) is 2.94. The van der Waals surface area contributed by atoms with Crippen molar-refractivity contribution in [3.05, 3.63) is 12.7 Å². The Bertz CT molecular complexity index is 142. The minimum atomic E-state index is 0.468. The Morgan fingerprint density at radius 2 is 2.08 bits per heavy atom. The summed E-state index contributed by atoms with van der Waals surface area (Å²) in [5.74, 6) is 0.848. The second-order valence-electron chi connectivity index (χ2n) is 4.06. The quantitative estimate of drug-likeness (QED) is 0.637. The van der Waals surface area contributed by atoms with Crippen molar-refractivity contribution in [2.45, 2.75) is 51.6 Å². The molecule has 0 aromatic carbocycles. The van der Waals surface area contributed by atoms with E-state index in [-0.39, 0.29) is 0 Å². The zero-order valence-corrected chi connectivity index (χ0v) is 8.34. The van der Waals surface area contributed by atoms with Crippen molar-refractivity contribution in [1.82, 2.24) is 5.32 Å². The molecule has 1 saturated carbocycles. The van der Waals surface area contributed by atoms with Gasteiger partial charge in [0.05, 0.1) is 0 Å². The molecule has 1 heteroatoms. The fourth-order valence-corrected chi connectivity index (χ4v) is 1.97. The lowest BCUT2D eigenvalue weighted by molar-refractivity contribution is 0.273. The average Bonchev–Trinajstić information content (AvgIpc) is 2.09. The van der Waals surface area contributed by atoms with Gasteiger partial charge in [-0.15, -0.1) is 6.58 Å². The first-order valence-corrected chi connectivity index (χ1v) is 5.12. The summed E-state index contributed by atoms with van der Waals surface area (Å²) in [7, 11) is 0. The van der Waals surface area contributed by atoms with Gasteiger partial charge in [-0.2, -0.15) is 0 Å². The summed E-state index contributed by atoms with van der Waals surface area (Å²) in [6.07, 6.45) is 7.54. The summed E-state index contributed by atoms with van der Waals surface area (Å²) in [6.45, 7) is 8.32. The van der Waals surface area contributed by atoms with Gasteiger partial charge in [0.1, 0.15) is 0 Å². The van der Waals surface area contributed by atoms with Crippen LogP contribution in [-0.4, -0.2) is 12.1 Å². The fraction of sp³-hybridized carbons (Fsp3) is 0.818. The molecular formula is C11H21N. The molecule has 0 aromatic rings. The van der Waals surface area contributed by atoms with E-state index < -0.39 is 0 Å². The van der Waals surface area contributed by atoms with Gasteiger partial charge in [-0.25, -0.2) is 0 Å². The summed E-state index contributed by atoms with van der Waals surface area (Å²) >= 11 is 0. The van der Waals surface area contributed by atoms with Crippen molar-refractivity contribution in [1.29, 1.82) is 0 Å².